The Labute approximate surface area is 256 Å². The lowest BCUT2D eigenvalue weighted by molar-refractivity contribution is 0.414. The third kappa shape index (κ3) is 10.9. The zero-order valence-corrected chi connectivity index (χ0v) is 28.4. The van der Waals surface area contributed by atoms with Crippen LogP contribution in [0.25, 0.3) is 0 Å². The van der Waals surface area contributed by atoms with Gasteiger partial charge in [-0.1, -0.05) is 87.0 Å². The van der Waals surface area contributed by atoms with E-state index in [-0.39, 0.29) is 0 Å². The molecule has 0 bridgehead atoms. The molecule has 0 atom stereocenters. The van der Waals surface area contributed by atoms with E-state index < -0.39 is 16.1 Å². The Bertz CT molecular complexity index is 1450. The molecule has 2 aromatic rings. The van der Waals surface area contributed by atoms with E-state index in [1.165, 1.54) is 0 Å². The van der Waals surface area contributed by atoms with Gasteiger partial charge in [0.25, 0.3) is 0 Å². The van der Waals surface area contributed by atoms with E-state index in [4.69, 9.17) is 9.47 Å². The fourth-order valence-corrected chi connectivity index (χ4v) is 7.00. The summed E-state index contributed by atoms with van der Waals surface area (Å²) in [5.41, 5.74) is 3.84. The molecule has 0 radical (unpaired) electrons. The van der Waals surface area contributed by atoms with Crippen LogP contribution >= 0.6 is 0 Å². The summed E-state index contributed by atoms with van der Waals surface area (Å²) in [6.45, 7) is 21.7. The lowest BCUT2D eigenvalue weighted by Crippen LogP contribution is -2.24. The van der Waals surface area contributed by atoms with Crippen LogP contribution in [0.5, 0.6) is 11.5 Å². The predicted molar refractivity (Wildman–Crippen MR) is 186 cm³/mol. The van der Waals surface area contributed by atoms with Crippen molar-refractivity contribution >= 4 is 16.1 Å². The summed E-state index contributed by atoms with van der Waals surface area (Å²) in [4.78, 5) is 0. The molecule has 0 spiro atoms. The Morgan fingerprint density at radius 1 is 0.595 bits per heavy atom. The third-order valence-corrected chi connectivity index (χ3v) is 9.99. The number of benzene rings is 2. The van der Waals surface area contributed by atoms with Crippen molar-refractivity contribution in [2.75, 3.05) is 14.2 Å². The van der Waals surface area contributed by atoms with Crippen LogP contribution < -0.4 is 9.47 Å². The molecule has 0 saturated carbocycles. The van der Waals surface area contributed by atoms with Crippen molar-refractivity contribution in [3.05, 3.63) is 107 Å². The second-order valence-corrected chi connectivity index (χ2v) is 21.6. The maximum absolute atomic E-state index is 5.27. The van der Waals surface area contributed by atoms with Crippen molar-refractivity contribution in [3.8, 4) is 58.9 Å². The van der Waals surface area contributed by atoms with E-state index in [1.807, 2.05) is 60.7 Å². The Kier molecular flexibility index (Phi) is 13.1. The van der Waals surface area contributed by atoms with Crippen molar-refractivity contribution in [1.82, 2.24) is 0 Å². The van der Waals surface area contributed by atoms with Gasteiger partial charge in [-0.2, -0.15) is 0 Å². The van der Waals surface area contributed by atoms with Crippen LogP contribution in [0.2, 0.25) is 39.3 Å². The fraction of sp³-hybridized carbons (Fsp3) is 0.263. The van der Waals surface area contributed by atoms with Gasteiger partial charge in [0.15, 0.2) is 0 Å². The second-order valence-electron chi connectivity index (χ2n) is 11.6. The molecule has 4 heteroatoms. The number of allylic oxidation sites excluding steroid dienone is 6. The molecule has 0 heterocycles. The number of rotatable bonds is 8. The van der Waals surface area contributed by atoms with Gasteiger partial charge in [-0.15, -0.1) is 13.2 Å². The molecule has 0 aliphatic carbocycles. The highest BCUT2D eigenvalue weighted by Gasteiger charge is 2.22. The second kappa shape index (κ2) is 16.2. The number of hydrogen-bond donors (Lipinski definition) is 0. The summed E-state index contributed by atoms with van der Waals surface area (Å²) < 4.78 is 10.5. The van der Waals surface area contributed by atoms with Crippen LogP contribution in [0, 0.1) is 47.4 Å². The minimum atomic E-state index is -1.81. The normalized spacial score (nSPS) is 11.7. The van der Waals surface area contributed by atoms with Gasteiger partial charge in [0.05, 0.1) is 30.4 Å². The number of ether oxygens (including phenoxy) is 2. The van der Waals surface area contributed by atoms with Gasteiger partial charge >= 0.3 is 0 Å². The fourth-order valence-electron chi connectivity index (χ4n) is 3.98. The summed E-state index contributed by atoms with van der Waals surface area (Å²) in [7, 11) is -0.290. The van der Waals surface area contributed by atoms with Crippen molar-refractivity contribution in [2.45, 2.75) is 52.1 Å². The molecule has 0 aliphatic heterocycles. The lowest BCUT2D eigenvalue weighted by atomic mass is 10.1. The van der Waals surface area contributed by atoms with E-state index in [0.717, 1.165) is 44.2 Å². The molecule has 0 fully saturated rings. The molecule has 0 N–H and O–H groups in total. The van der Waals surface area contributed by atoms with Gasteiger partial charge in [0.2, 0.25) is 0 Å². The summed E-state index contributed by atoms with van der Waals surface area (Å²) in [5, 5.41) is 2.23. The van der Waals surface area contributed by atoms with Gasteiger partial charge in [-0.25, -0.2) is 0 Å². The van der Waals surface area contributed by atoms with E-state index >= 15 is 0 Å². The Morgan fingerprint density at radius 2 is 0.929 bits per heavy atom. The predicted octanol–water partition coefficient (Wildman–Crippen LogP) is 8.61. The zero-order chi connectivity index (χ0) is 31.2. The lowest BCUT2D eigenvalue weighted by Gasteiger charge is -2.18. The van der Waals surface area contributed by atoms with E-state index in [2.05, 4.69) is 99.8 Å². The third-order valence-electron chi connectivity index (χ3n) is 6.13. The van der Waals surface area contributed by atoms with Crippen molar-refractivity contribution < 1.29 is 9.47 Å². The first kappa shape index (κ1) is 33.9. The highest BCUT2D eigenvalue weighted by molar-refractivity contribution is 6.84. The molecule has 2 nitrogen and oxygen atoms in total. The molecule has 0 amide bonds. The minimum Gasteiger partial charge on any atom is -0.497 e. The van der Waals surface area contributed by atoms with Crippen LogP contribution in [0.15, 0.2) is 95.4 Å². The first-order chi connectivity index (χ1) is 19.9. The van der Waals surface area contributed by atoms with Gasteiger partial charge in [0, 0.05) is 22.3 Å². The maximum Gasteiger partial charge on any atom is 0.118 e. The van der Waals surface area contributed by atoms with Crippen molar-refractivity contribution in [1.29, 1.82) is 0 Å². The summed E-state index contributed by atoms with van der Waals surface area (Å²) in [6, 6.07) is 15.6. The van der Waals surface area contributed by atoms with Crippen LogP contribution in [-0.4, -0.2) is 30.4 Å². The molecule has 0 aromatic heterocycles. The van der Waals surface area contributed by atoms with Gasteiger partial charge in [-0.05, 0) is 83.6 Å². The first-order valence-electron chi connectivity index (χ1n) is 14.0. The van der Waals surface area contributed by atoms with E-state index in [9.17, 15) is 0 Å². The molecular weight excluding hydrogens is 545 g/mol. The Morgan fingerprint density at radius 3 is 1.19 bits per heavy atom. The van der Waals surface area contributed by atoms with Crippen molar-refractivity contribution in [2.24, 2.45) is 0 Å². The SMILES string of the molecule is C=CC/C(C#CC#C/C(CC=C)=C(/C#Cc1ccc(OC)cc1)[Si](C)(C)C)=C(\C#Cc1ccc(OC)cc1)[Si](C)(C)C. The van der Waals surface area contributed by atoms with Crippen LogP contribution in [0.4, 0.5) is 0 Å². The quantitative estimate of drug-likeness (QED) is 0.175. The number of hydrogen-bond acceptors (Lipinski definition) is 2. The van der Waals surface area contributed by atoms with Crippen LogP contribution in [0.1, 0.15) is 24.0 Å². The standard InChI is InChI=1S/C38H42O2Si2/c1-11-15-33(37(41(5,6)7)29-23-31-19-25-35(39-3)26-20-31)17-13-14-18-34(16-12-2)38(42(8,9)10)30-24-32-21-27-36(40-4)28-22-32/h11-12,19-22,25-28H,1-2,15-16H2,3-10H3/b37-33-,38-34-. The minimum absolute atomic E-state index is 0.647. The first-order valence-corrected chi connectivity index (χ1v) is 21.0. The average molecular weight is 587 g/mol. The Hall–Kier alpha value is -4.33. The van der Waals surface area contributed by atoms with E-state index in [1.54, 1.807) is 14.2 Å². The highest BCUT2D eigenvalue weighted by atomic mass is 28.3. The monoisotopic (exact) mass is 586 g/mol. The molecule has 0 saturated heterocycles. The molecule has 0 aliphatic rings. The summed E-state index contributed by atoms with van der Waals surface area (Å²) >= 11 is 0. The molecule has 214 valence electrons. The van der Waals surface area contributed by atoms with E-state index in [0.29, 0.717) is 12.8 Å². The summed E-state index contributed by atoms with van der Waals surface area (Å²) in [5.74, 6) is 28.1. The van der Waals surface area contributed by atoms with Gasteiger partial charge in [-0.3, -0.25) is 0 Å². The van der Waals surface area contributed by atoms with Gasteiger partial charge in [0.1, 0.15) is 11.5 Å². The molecular formula is C38H42O2Si2. The zero-order valence-electron chi connectivity index (χ0n) is 26.4. The average Bonchev–Trinajstić information content (AvgIpc) is 2.94. The maximum atomic E-state index is 5.27. The molecule has 42 heavy (non-hydrogen) atoms. The molecule has 0 unspecified atom stereocenters. The van der Waals surface area contributed by atoms with Crippen LogP contribution in [0.3, 0.4) is 0 Å². The Balaban J connectivity index is 2.59. The summed E-state index contributed by atoms with van der Waals surface area (Å²) in [6.07, 6.45) is 5.06. The molecule has 2 rings (SSSR count). The molecule has 2 aromatic carbocycles. The van der Waals surface area contributed by atoms with Crippen LogP contribution in [-0.2, 0) is 0 Å². The van der Waals surface area contributed by atoms with Gasteiger partial charge < -0.3 is 9.47 Å². The number of methoxy groups -OCH3 is 2. The smallest absolute Gasteiger partial charge is 0.118 e. The topological polar surface area (TPSA) is 18.5 Å². The largest absolute Gasteiger partial charge is 0.497 e. The van der Waals surface area contributed by atoms with Crippen molar-refractivity contribution in [3.63, 3.8) is 0 Å². The highest BCUT2D eigenvalue weighted by Crippen LogP contribution is 2.22.